The number of aliphatic carboxylic acids is 1. The predicted octanol–water partition coefficient (Wildman–Crippen LogP) is 4.17. The van der Waals surface area contributed by atoms with E-state index in [1.807, 2.05) is 13.8 Å². The van der Waals surface area contributed by atoms with Gasteiger partial charge in [-0.1, -0.05) is 19.9 Å². The number of carboxylic acid groups (broad SMARTS) is 1. The van der Waals surface area contributed by atoms with Crippen molar-refractivity contribution >= 4 is 17.7 Å². The van der Waals surface area contributed by atoms with Crippen molar-refractivity contribution in [2.75, 3.05) is 6.26 Å². The largest absolute Gasteiger partial charge is 0.481 e. The number of benzene rings is 1. The van der Waals surface area contributed by atoms with Gasteiger partial charge in [-0.05, 0) is 29.5 Å². The lowest BCUT2D eigenvalue weighted by Crippen LogP contribution is -2.12. The Kier molecular flexibility index (Phi) is 7.59. The maximum Gasteiger partial charge on any atom is 0.393 e. The quantitative estimate of drug-likeness (QED) is 0.847. The Hall–Kier alpha value is -1.17. The second-order valence-corrected chi connectivity index (χ2v) is 4.43. The summed E-state index contributed by atoms with van der Waals surface area (Å²) in [6.07, 6.45) is -3.85. The zero-order chi connectivity index (χ0) is 15.1. The molecule has 2 nitrogen and oxygen atoms in total. The third kappa shape index (κ3) is 7.77. The van der Waals surface area contributed by atoms with Gasteiger partial charge in [0.25, 0.3) is 0 Å². The summed E-state index contributed by atoms with van der Waals surface area (Å²) in [5.74, 6) is -1.05. The Balaban J connectivity index is 0.00000154. The molecule has 0 aromatic heterocycles. The van der Waals surface area contributed by atoms with Gasteiger partial charge in [-0.25, -0.2) is 0 Å². The highest BCUT2D eigenvalue weighted by atomic mass is 32.2. The molecule has 0 radical (unpaired) electrons. The first-order valence-corrected chi connectivity index (χ1v) is 6.98. The number of hydrogen-bond donors (Lipinski definition) is 1. The van der Waals surface area contributed by atoms with Crippen molar-refractivity contribution in [3.05, 3.63) is 29.3 Å². The molecule has 108 valence electrons. The number of hydrogen-bond acceptors (Lipinski definition) is 2. The number of rotatable bonds is 4. The molecule has 0 spiro atoms. The molecule has 0 saturated carbocycles. The number of halogens is 3. The van der Waals surface area contributed by atoms with Crippen LogP contribution in [0.1, 0.15) is 25.0 Å². The van der Waals surface area contributed by atoms with Crippen LogP contribution in [0.15, 0.2) is 23.1 Å². The van der Waals surface area contributed by atoms with Crippen molar-refractivity contribution in [1.82, 2.24) is 0 Å². The molecule has 1 rings (SSSR count). The van der Waals surface area contributed by atoms with Crippen molar-refractivity contribution in [3.8, 4) is 0 Å². The van der Waals surface area contributed by atoms with Crippen LogP contribution in [0.3, 0.4) is 0 Å². The topological polar surface area (TPSA) is 37.3 Å². The minimum absolute atomic E-state index is 0.0978. The fourth-order valence-electron chi connectivity index (χ4n) is 1.46. The van der Waals surface area contributed by atoms with Gasteiger partial charge in [0.05, 0.1) is 12.8 Å². The van der Waals surface area contributed by atoms with Crippen LogP contribution in [0.25, 0.3) is 0 Å². The van der Waals surface area contributed by atoms with E-state index in [-0.39, 0.29) is 12.0 Å². The fourth-order valence-corrected chi connectivity index (χ4v) is 2.00. The summed E-state index contributed by atoms with van der Waals surface area (Å²) < 4.78 is 36.7. The second-order valence-electron chi connectivity index (χ2n) is 3.55. The van der Waals surface area contributed by atoms with Crippen molar-refractivity contribution in [3.63, 3.8) is 0 Å². The Labute approximate surface area is 115 Å². The number of alkyl halides is 3. The van der Waals surface area contributed by atoms with Gasteiger partial charge in [-0.2, -0.15) is 13.2 Å². The van der Waals surface area contributed by atoms with Crippen LogP contribution in [0.4, 0.5) is 13.2 Å². The van der Waals surface area contributed by atoms with Crippen LogP contribution in [-0.4, -0.2) is 23.5 Å². The van der Waals surface area contributed by atoms with E-state index in [1.54, 1.807) is 12.3 Å². The highest BCUT2D eigenvalue weighted by molar-refractivity contribution is 7.98. The first kappa shape index (κ1) is 17.8. The molecule has 0 fully saturated rings. The van der Waals surface area contributed by atoms with Crippen LogP contribution in [0.2, 0.25) is 0 Å². The summed E-state index contributed by atoms with van der Waals surface area (Å²) in [5, 5.41) is 8.62. The van der Waals surface area contributed by atoms with Crippen molar-refractivity contribution in [1.29, 1.82) is 0 Å². The maximum atomic E-state index is 12.2. The lowest BCUT2D eigenvalue weighted by Gasteiger charge is -2.09. The first-order valence-electron chi connectivity index (χ1n) is 5.75. The van der Waals surface area contributed by atoms with E-state index in [4.69, 9.17) is 5.11 Å². The van der Waals surface area contributed by atoms with E-state index in [1.165, 1.54) is 23.9 Å². The lowest BCUT2D eigenvalue weighted by atomic mass is 10.1. The smallest absolute Gasteiger partial charge is 0.393 e. The molecule has 0 aliphatic heterocycles. The van der Waals surface area contributed by atoms with Gasteiger partial charge >= 0.3 is 12.1 Å². The molecule has 0 bridgehead atoms. The highest BCUT2D eigenvalue weighted by Crippen LogP contribution is 2.25. The van der Waals surface area contributed by atoms with E-state index >= 15 is 0 Å². The first-order chi connectivity index (χ1) is 8.80. The Morgan fingerprint density at radius 1 is 1.21 bits per heavy atom. The molecule has 1 aromatic rings. The van der Waals surface area contributed by atoms with Crippen molar-refractivity contribution in [2.45, 2.75) is 37.8 Å². The SMILES string of the molecule is CC.CSc1cc(CC(=O)O)cc(CC(F)(F)F)c1. The number of carboxylic acids is 1. The van der Waals surface area contributed by atoms with Crippen LogP contribution >= 0.6 is 11.8 Å². The van der Waals surface area contributed by atoms with E-state index < -0.39 is 18.6 Å². The zero-order valence-corrected chi connectivity index (χ0v) is 11.9. The normalized spacial score (nSPS) is 10.6. The lowest BCUT2D eigenvalue weighted by molar-refractivity contribution is -0.136. The summed E-state index contributed by atoms with van der Waals surface area (Å²) in [6, 6.07) is 4.32. The third-order valence-electron chi connectivity index (χ3n) is 2.02. The van der Waals surface area contributed by atoms with E-state index in [9.17, 15) is 18.0 Å². The van der Waals surface area contributed by atoms with Crippen LogP contribution in [-0.2, 0) is 17.6 Å². The molecule has 0 aliphatic carbocycles. The summed E-state index contributed by atoms with van der Waals surface area (Å²) in [7, 11) is 0. The van der Waals surface area contributed by atoms with Gasteiger partial charge in [0, 0.05) is 4.90 Å². The van der Waals surface area contributed by atoms with Gasteiger partial charge in [-0.15, -0.1) is 11.8 Å². The molecular weight excluding hydrogens is 277 g/mol. The molecule has 1 N–H and O–H groups in total. The Bertz CT molecular complexity index is 417. The molecule has 19 heavy (non-hydrogen) atoms. The van der Waals surface area contributed by atoms with Gasteiger partial charge < -0.3 is 5.11 Å². The minimum Gasteiger partial charge on any atom is -0.481 e. The molecule has 0 saturated heterocycles. The Morgan fingerprint density at radius 3 is 2.16 bits per heavy atom. The summed E-state index contributed by atoms with van der Waals surface area (Å²) in [4.78, 5) is 11.2. The summed E-state index contributed by atoms with van der Waals surface area (Å²) in [5.41, 5.74) is 0.490. The zero-order valence-electron chi connectivity index (χ0n) is 11.0. The maximum absolute atomic E-state index is 12.2. The van der Waals surface area contributed by atoms with Crippen LogP contribution < -0.4 is 0 Å². The minimum atomic E-state index is -4.28. The average molecular weight is 294 g/mol. The third-order valence-corrected chi connectivity index (χ3v) is 2.73. The van der Waals surface area contributed by atoms with Crippen molar-refractivity contribution < 1.29 is 23.1 Å². The monoisotopic (exact) mass is 294 g/mol. The molecule has 0 heterocycles. The molecule has 0 aliphatic rings. The van der Waals surface area contributed by atoms with Gasteiger partial charge in [0.1, 0.15) is 0 Å². The molecule has 1 aromatic carbocycles. The predicted molar refractivity (Wildman–Crippen MR) is 70.7 cm³/mol. The van der Waals surface area contributed by atoms with E-state index in [0.717, 1.165) is 0 Å². The summed E-state index contributed by atoms with van der Waals surface area (Å²) >= 11 is 1.29. The van der Waals surface area contributed by atoms with Crippen LogP contribution in [0.5, 0.6) is 0 Å². The average Bonchev–Trinajstić information content (AvgIpc) is 2.28. The Morgan fingerprint density at radius 2 is 1.74 bits per heavy atom. The highest BCUT2D eigenvalue weighted by Gasteiger charge is 2.27. The van der Waals surface area contributed by atoms with Gasteiger partial charge in [0.2, 0.25) is 0 Å². The second kappa shape index (κ2) is 8.09. The molecule has 0 atom stereocenters. The molecule has 6 heteroatoms. The number of thioether (sulfide) groups is 1. The fraction of sp³-hybridized carbons (Fsp3) is 0.462. The molecule has 0 unspecified atom stereocenters. The molecular formula is C13H17F3O2S. The number of carbonyl (C=O) groups is 1. The van der Waals surface area contributed by atoms with Crippen LogP contribution in [0, 0.1) is 0 Å². The summed E-state index contributed by atoms with van der Waals surface area (Å²) in [6.45, 7) is 4.00. The van der Waals surface area contributed by atoms with E-state index in [0.29, 0.717) is 10.5 Å². The van der Waals surface area contributed by atoms with Gasteiger partial charge in [-0.3, -0.25) is 4.79 Å². The van der Waals surface area contributed by atoms with Crippen molar-refractivity contribution in [2.24, 2.45) is 0 Å². The molecule has 0 amide bonds. The standard InChI is InChI=1S/C11H11F3O2S.C2H6/c1-17-9-3-7(5-10(15)16)2-8(4-9)6-11(12,13)14;1-2/h2-4H,5-6H2,1H3,(H,15,16);1-2H3. The van der Waals surface area contributed by atoms with E-state index in [2.05, 4.69) is 0 Å². The van der Waals surface area contributed by atoms with Gasteiger partial charge in [0.15, 0.2) is 0 Å².